The van der Waals surface area contributed by atoms with Gasteiger partial charge in [-0.1, -0.05) is 12.1 Å². The van der Waals surface area contributed by atoms with Gasteiger partial charge < -0.3 is 14.5 Å². The van der Waals surface area contributed by atoms with Crippen molar-refractivity contribution in [1.29, 1.82) is 0 Å². The third-order valence-electron chi connectivity index (χ3n) is 4.77. The highest BCUT2D eigenvalue weighted by atomic mass is 19.1. The monoisotopic (exact) mass is 393 g/mol. The second-order valence-corrected chi connectivity index (χ2v) is 6.66. The van der Waals surface area contributed by atoms with Gasteiger partial charge in [0.2, 0.25) is 11.7 Å². The van der Waals surface area contributed by atoms with E-state index < -0.39 is 24.2 Å². The second-order valence-electron chi connectivity index (χ2n) is 6.66. The molecule has 29 heavy (non-hydrogen) atoms. The van der Waals surface area contributed by atoms with Crippen LogP contribution in [-0.4, -0.2) is 24.3 Å². The van der Waals surface area contributed by atoms with E-state index in [1.165, 1.54) is 24.3 Å². The molecule has 1 N–H and O–H groups in total. The summed E-state index contributed by atoms with van der Waals surface area (Å²) in [5.74, 6) is -2.13. The van der Waals surface area contributed by atoms with Crippen molar-refractivity contribution in [1.82, 2.24) is 0 Å². The summed E-state index contributed by atoms with van der Waals surface area (Å²) >= 11 is 0. The van der Waals surface area contributed by atoms with Crippen LogP contribution in [0, 0.1) is 5.82 Å². The predicted molar refractivity (Wildman–Crippen MR) is 102 cm³/mol. The van der Waals surface area contributed by atoms with Crippen molar-refractivity contribution in [2.45, 2.75) is 12.8 Å². The molecule has 0 radical (unpaired) electrons. The lowest BCUT2D eigenvalue weighted by molar-refractivity contribution is -0.116. The van der Waals surface area contributed by atoms with E-state index in [-0.39, 0.29) is 28.9 Å². The third kappa shape index (κ3) is 3.54. The summed E-state index contributed by atoms with van der Waals surface area (Å²) < 4.78 is 24.2. The first kappa shape index (κ1) is 18.6. The topological polar surface area (TPSA) is 85.6 Å². The van der Waals surface area contributed by atoms with Crippen LogP contribution in [0.5, 0.6) is 0 Å². The van der Waals surface area contributed by atoms with Crippen LogP contribution in [0.3, 0.4) is 0 Å². The number of rotatable bonds is 5. The largest absolute Gasteiger partial charge is 0.451 e. The van der Waals surface area contributed by atoms with E-state index in [2.05, 4.69) is 5.32 Å². The highest BCUT2D eigenvalue weighted by Gasteiger charge is 2.27. The van der Waals surface area contributed by atoms with E-state index in [9.17, 15) is 18.8 Å². The number of anilines is 1. The zero-order chi connectivity index (χ0) is 20.5. The van der Waals surface area contributed by atoms with Gasteiger partial charge in [0, 0.05) is 11.3 Å². The van der Waals surface area contributed by atoms with E-state index in [1.54, 1.807) is 37.3 Å². The van der Waals surface area contributed by atoms with Crippen molar-refractivity contribution in [3.8, 4) is 11.3 Å². The van der Waals surface area contributed by atoms with E-state index in [0.29, 0.717) is 11.3 Å². The first-order valence-electron chi connectivity index (χ1n) is 8.94. The smallest absolute Gasteiger partial charge is 0.374 e. The lowest BCUT2D eigenvalue weighted by atomic mass is 9.99. The molecule has 1 aromatic heterocycles. The number of carbonyl (C=O) groups is 3. The number of ether oxygens (including phenoxy) is 1. The molecule has 1 amide bonds. The Morgan fingerprint density at radius 1 is 1.14 bits per heavy atom. The maximum absolute atomic E-state index is 13.8. The molecular formula is C22H16FNO5. The number of ketones is 1. The molecule has 0 bridgehead atoms. The maximum atomic E-state index is 13.8. The van der Waals surface area contributed by atoms with Crippen molar-refractivity contribution < 1.29 is 27.9 Å². The number of Topliss-reactive ketones (excluding diaryl/α,β-unsaturated/α-hetero) is 1. The molecule has 4 rings (SSSR count). The van der Waals surface area contributed by atoms with Gasteiger partial charge in [0.25, 0.3) is 0 Å². The third-order valence-corrected chi connectivity index (χ3v) is 4.77. The van der Waals surface area contributed by atoms with Crippen molar-refractivity contribution in [2.75, 3.05) is 11.9 Å². The number of furan rings is 1. The lowest BCUT2D eigenvalue weighted by Gasteiger charge is -2.06. The molecule has 0 saturated carbocycles. The standard InChI is InChI=1S/C22H16FNO5/c1-12-15-10-13(6-7-17(15)24-21(12)26)18(25)11-28-22(27)20-9-8-19(29-20)14-4-2-3-5-16(14)23/h2-10,12H,11H2,1H3,(H,24,26)/t12-/m0/s1. The lowest BCUT2D eigenvalue weighted by Crippen LogP contribution is -2.14. The van der Waals surface area contributed by atoms with Crippen molar-refractivity contribution in [3.63, 3.8) is 0 Å². The highest BCUT2D eigenvalue weighted by molar-refractivity contribution is 6.05. The van der Waals surface area contributed by atoms with Gasteiger partial charge in [-0.2, -0.15) is 0 Å². The Labute approximate surface area is 165 Å². The minimum absolute atomic E-state index is 0.125. The van der Waals surface area contributed by atoms with Crippen molar-refractivity contribution in [3.05, 3.63) is 77.3 Å². The molecule has 0 unspecified atom stereocenters. The molecule has 6 nitrogen and oxygen atoms in total. The van der Waals surface area contributed by atoms with Crippen LogP contribution in [0.2, 0.25) is 0 Å². The van der Waals surface area contributed by atoms with Gasteiger partial charge in [0.15, 0.2) is 12.4 Å². The fourth-order valence-electron chi connectivity index (χ4n) is 3.13. The molecule has 1 aliphatic heterocycles. The summed E-state index contributed by atoms with van der Waals surface area (Å²) in [7, 11) is 0. The normalized spacial score (nSPS) is 15.0. The number of halogens is 1. The summed E-state index contributed by atoms with van der Waals surface area (Å²) in [4.78, 5) is 36.3. The van der Waals surface area contributed by atoms with Crippen LogP contribution in [0.1, 0.15) is 39.3 Å². The van der Waals surface area contributed by atoms with E-state index in [4.69, 9.17) is 9.15 Å². The Balaban J connectivity index is 1.42. The molecule has 146 valence electrons. The molecule has 3 aromatic rings. The Morgan fingerprint density at radius 3 is 2.72 bits per heavy atom. The van der Waals surface area contributed by atoms with Crippen LogP contribution >= 0.6 is 0 Å². The molecular weight excluding hydrogens is 377 g/mol. The number of fused-ring (bicyclic) bond motifs is 1. The first-order valence-corrected chi connectivity index (χ1v) is 8.94. The number of nitrogens with one attached hydrogen (secondary N) is 1. The molecule has 1 atom stereocenters. The van der Waals surface area contributed by atoms with Crippen LogP contribution < -0.4 is 5.32 Å². The molecule has 0 fully saturated rings. The highest BCUT2D eigenvalue weighted by Crippen LogP contribution is 2.32. The number of carbonyl (C=O) groups excluding carboxylic acids is 3. The van der Waals surface area contributed by atoms with Gasteiger partial charge in [-0.15, -0.1) is 0 Å². The average molecular weight is 393 g/mol. The molecule has 0 spiro atoms. The number of esters is 1. The zero-order valence-corrected chi connectivity index (χ0v) is 15.4. The zero-order valence-electron chi connectivity index (χ0n) is 15.4. The molecule has 0 aliphatic carbocycles. The fraction of sp³-hybridized carbons (Fsp3) is 0.136. The number of hydrogen-bond donors (Lipinski definition) is 1. The summed E-state index contributed by atoms with van der Waals surface area (Å²) in [6, 6.07) is 13.7. The maximum Gasteiger partial charge on any atom is 0.374 e. The SMILES string of the molecule is C[C@@H]1C(=O)Nc2ccc(C(=O)COC(=O)c3ccc(-c4ccccc4F)o3)cc21. The van der Waals surface area contributed by atoms with Crippen LogP contribution in [0.15, 0.2) is 59.0 Å². The molecule has 1 aliphatic rings. The van der Waals surface area contributed by atoms with Gasteiger partial charge >= 0.3 is 5.97 Å². The fourth-order valence-corrected chi connectivity index (χ4v) is 3.13. The minimum Gasteiger partial charge on any atom is -0.451 e. The van der Waals surface area contributed by atoms with Crippen LogP contribution in [0.4, 0.5) is 10.1 Å². The van der Waals surface area contributed by atoms with E-state index in [1.807, 2.05) is 0 Å². The van der Waals surface area contributed by atoms with Crippen molar-refractivity contribution in [2.24, 2.45) is 0 Å². The van der Waals surface area contributed by atoms with Gasteiger partial charge in [-0.25, -0.2) is 9.18 Å². The Hall–Kier alpha value is -3.74. The Morgan fingerprint density at radius 2 is 1.93 bits per heavy atom. The van der Waals surface area contributed by atoms with Gasteiger partial charge in [-0.3, -0.25) is 9.59 Å². The Kier molecular flexibility index (Phi) is 4.72. The number of benzene rings is 2. The van der Waals surface area contributed by atoms with Gasteiger partial charge in [0.05, 0.1) is 11.5 Å². The van der Waals surface area contributed by atoms with E-state index in [0.717, 1.165) is 5.56 Å². The second kappa shape index (κ2) is 7.35. The number of amides is 1. The Bertz CT molecular complexity index is 1130. The van der Waals surface area contributed by atoms with Gasteiger partial charge in [0.1, 0.15) is 11.6 Å². The quantitative estimate of drug-likeness (QED) is 0.519. The molecule has 0 saturated heterocycles. The predicted octanol–water partition coefficient (Wildman–Crippen LogP) is 4.18. The summed E-state index contributed by atoms with van der Waals surface area (Å²) in [5, 5.41) is 2.73. The van der Waals surface area contributed by atoms with Gasteiger partial charge in [-0.05, 0) is 55.0 Å². The molecule has 2 aromatic carbocycles. The molecule has 2 heterocycles. The van der Waals surface area contributed by atoms with Crippen LogP contribution in [-0.2, 0) is 9.53 Å². The summed E-state index contributed by atoms with van der Waals surface area (Å²) in [6.45, 7) is 1.27. The van der Waals surface area contributed by atoms with Crippen LogP contribution in [0.25, 0.3) is 11.3 Å². The average Bonchev–Trinajstić information content (AvgIpc) is 3.31. The summed E-state index contributed by atoms with van der Waals surface area (Å²) in [6.07, 6.45) is 0. The summed E-state index contributed by atoms with van der Waals surface area (Å²) in [5.41, 5.74) is 1.96. The molecule has 7 heteroatoms. The van der Waals surface area contributed by atoms with E-state index >= 15 is 0 Å². The van der Waals surface area contributed by atoms with Crippen molar-refractivity contribution >= 4 is 23.3 Å². The first-order chi connectivity index (χ1) is 13.9. The number of hydrogen-bond acceptors (Lipinski definition) is 5. The minimum atomic E-state index is -0.827.